The van der Waals surface area contributed by atoms with Crippen molar-refractivity contribution in [1.82, 2.24) is 5.16 Å². The molecule has 0 saturated carbocycles. The number of ether oxygens (including phenoxy) is 2. The Morgan fingerprint density at radius 1 is 0.875 bits per heavy atom. The number of hydrogen-bond donors (Lipinski definition) is 1. The highest BCUT2D eigenvalue weighted by molar-refractivity contribution is 5.87. The van der Waals surface area contributed by atoms with Crippen molar-refractivity contribution in [2.45, 2.75) is 26.6 Å². The first-order valence-electron chi connectivity index (χ1n) is 10.3. The summed E-state index contributed by atoms with van der Waals surface area (Å²) in [6.07, 6.45) is 0.718. The minimum Gasteiger partial charge on any atom is -0.488 e. The van der Waals surface area contributed by atoms with Crippen LogP contribution in [0.3, 0.4) is 0 Å². The molecule has 0 aliphatic carbocycles. The number of benzene rings is 3. The average Bonchev–Trinajstić information content (AvgIpc) is 3.33. The Labute approximate surface area is 186 Å². The van der Waals surface area contributed by atoms with Crippen LogP contribution in [-0.2, 0) is 19.6 Å². The van der Waals surface area contributed by atoms with Gasteiger partial charge in [-0.2, -0.15) is 0 Å². The zero-order valence-electron chi connectivity index (χ0n) is 17.7. The molecule has 0 fully saturated rings. The molecule has 0 aliphatic rings. The van der Waals surface area contributed by atoms with Crippen LogP contribution in [0.4, 0.5) is 0 Å². The summed E-state index contributed by atoms with van der Waals surface area (Å²) in [4.78, 5) is 11.3. The van der Waals surface area contributed by atoms with Crippen LogP contribution in [-0.4, -0.2) is 16.2 Å². The second-order valence-electron chi connectivity index (χ2n) is 7.24. The first-order valence-corrected chi connectivity index (χ1v) is 10.3. The van der Waals surface area contributed by atoms with Crippen molar-refractivity contribution in [2.75, 3.05) is 0 Å². The number of hydrogen-bond acceptors (Lipinski definition) is 5. The van der Waals surface area contributed by atoms with E-state index >= 15 is 0 Å². The summed E-state index contributed by atoms with van der Waals surface area (Å²) in [5.41, 5.74) is 3.50. The third-order valence-electron chi connectivity index (χ3n) is 5.01. The van der Waals surface area contributed by atoms with E-state index in [1.54, 1.807) is 0 Å². The number of aryl methyl sites for hydroxylation is 1. The Morgan fingerprint density at radius 3 is 2.00 bits per heavy atom. The minimum absolute atomic E-state index is 0.156. The second kappa shape index (κ2) is 9.83. The maximum absolute atomic E-state index is 11.3. The lowest BCUT2D eigenvalue weighted by molar-refractivity contribution is 0.0686. The van der Waals surface area contributed by atoms with Gasteiger partial charge < -0.3 is 19.1 Å². The molecule has 0 bridgehead atoms. The third kappa shape index (κ3) is 4.98. The predicted molar refractivity (Wildman–Crippen MR) is 120 cm³/mol. The summed E-state index contributed by atoms with van der Waals surface area (Å²) in [5, 5.41) is 12.9. The molecule has 4 rings (SSSR count). The van der Waals surface area contributed by atoms with Gasteiger partial charge in [0.2, 0.25) is 0 Å². The summed E-state index contributed by atoms with van der Waals surface area (Å²) in [6, 6.07) is 24.9. The molecule has 0 unspecified atom stereocenters. The van der Waals surface area contributed by atoms with E-state index in [9.17, 15) is 9.90 Å². The largest absolute Gasteiger partial charge is 0.488 e. The lowest BCUT2D eigenvalue weighted by Gasteiger charge is -2.16. The maximum Gasteiger partial charge on any atom is 0.358 e. The lowest BCUT2D eigenvalue weighted by atomic mass is 10.0. The van der Waals surface area contributed by atoms with Gasteiger partial charge in [0.25, 0.3) is 0 Å². The van der Waals surface area contributed by atoms with E-state index in [1.807, 2.05) is 79.7 Å². The normalized spacial score (nSPS) is 10.7. The summed E-state index contributed by atoms with van der Waals surface area (Å²) in [7, 11) is 0. The molecule has 0 aliphatic heterocycles. The molecular weight excluding hydrogens is 406 g/mol. The first kappa shape index (κ1) is 21.2. The zero-order chi connectivity index (χ0) is 22.3. The molecule has 162 valence electrons. The molecule has 0 spiro atoms. The number of carboxylic acids is 1. The Bertz CT molecular complexity index is 1190. The van der Waals surface area contributed by atoms with Crippen molar-refractivity contribution >= 4 is 5.97 Å². The van der Waals surface area contributed by atoms with E-state index in [4.69, 9.17) is 14.0 Å². The lowest BCUT2D eigenvalue weighted by Crippen LogP contribution is -2.02. The van der Waals surface area contributed by atoms with Crippen molar-refractivity contribution in [2.24, 2.45) is 0 Å². The highest BCUT2D eigenvalue weighted by Gasteiger charge is 2.19. The second-order valence-corrected chi connectivity index (χ2v) is 7.24. The predicted octanol–water partition coefficient (Wildman–Crippen LogP) is 5.76. The van der Waals surface area contributed by atoms with E-state index in [0.29, 0.717) is 36.0 Å². The van der Waals surface area contributed by atoms with Gasteiger partial charge in [0.15, 0.2) is 11.5 Å². The van der Waals surface area contributed by atoms with E-state index in [-0.39, 0.29) is 5.69 Å². The Morgan fingerprint density at radius 2 is 1.47 bits per heavy atom. The standard InChI is InChI=1S/C26H23NO5/c1-2-20-13-21(25-14-22(26(28)29)27-32-25)24(31-17-19-11-7-4-8-12-19)15-23(20)30-16-18-9-5-3-6-10-18/h3-15H,2,16-17H2,1H3,(H,28,29). The SMILES string of the molecule is CCc1cc(-c2cc(C(=O)O)no2)c(OCc2ccccc2)cc1OCc1ccccc1. The molecule has 1 aromatic heterocycles. The fourth-order valence-corrected chi connectivity index (χ4v) is 3.30. The van der Waals surface area contributed by atoms with Crippen molar-refractivity contribution < 1.29 is 23.9 Å². The van der Waals surface area contributed by atoms with Crippen molar-refractivity contribution in [3.63, 3.8) is 0 Å². The number of carbonyl (C=O) groups is 1. The van der Waals surface area contributed by atoms with E-state index in [1.165, 1.54) is 6.07 Å². The molecule has 1 heterocycles. The van der Waals surface area contributed by atoms with Crippen LogP contribution in [0, 0.1) is 0 Å². The zero-order valence-corrected chi connectivity index (χ0v) is 17.7. The van der Waals surface area contributed by atoms with E-state index in [2.05, 4.69) is 5.16 Å². The highest BCUT2D eigenvalue weighted by Crippen LogP contribution is 2.38. The summed E-state index contributed by atoms with van der Waals surface area (Å²) in [6.45, 7) is 2.80. The van der Waals surface area contributed by atoms with Crippen molar-refractivity contribution in [3.05, 3.63) is 101 Å². The minimum atomic E-state index is -1.15. The molecule has 0 saturated heterocycles. The highest BCUT2D eigenvalue weighted by atomic mass is 16.5. The van der Waals surface area contributed by atoms with Crippen LogP contribution in [0.2, 0.25) is 0 Å². The van der Waals surface area contributed by atoms with Gasteiger partial charge in [0.05, 0.1) is 5.56 Å². The number of rotatable bonds is 9. The van der Waals surface area contributed by atoms with Crippen LogP contribution in [0.25, 0.3) is 11.3 Å². The molecule has 0 radical (unpaired) electrons. The molecule has 0 atom stereocenters. The fraction of sp³-hybridized carbons (Fsp3) is 0.154. The molecule has 3 aromatic carbocycles. The number of aromatic carboxylic acids is 1. The molecule has 1 N–H and O–H groups in total. The molecule has 0 amide bonds. The quantitative estimate of drug-likeness (QED) is 0.364. The van der Waals surface area contributed by atoms with Gasteiger partial charge in [-0.15, -0.1) is 0 Å². The smallest absolute Gasteiger partial charge is 0.358 e. The average molecular weight is 429 g/mol. The van der Waals surface area contributed by atoms with Crippen LogP contribution in [0.15, 0.2) is 83.4 Å². The molecule has 32 heavy (non-hydrogen) atoms. The summed E-state index contributed by atoms with van der Waals surface area (Å²) >= 11 is 0. The number of aromatic nitrogens is 1. The van der Waals surface area contributed by atoms with Gasteiger partial charge in [-0.05, 0) is 29.2 Å². The maximum atomic E-state index is 11.3. The third-order valence-corrected chi connectivity index (χ3v) is 5.01. The van der Waals surface area contributed by atoms with Crippen LogP contribution >= 0.6 is 0 Å². The van der Waals surface area contributed by atoms with Gasteiger partial charge in [-0.25, -0.2) is 4.79 Å². The van der Waals surface area contributed by atoms with Crippen LogP contribution in [0.5, 0.6) is 11.5 Å². The monoisotopic (exact) mass is 429 g/mol. The summed E-state index contributed by atoms with van der Waals surface area (Å²) < 4.78 is 17.6. The van der Waals surface area contributed by atoms with Gasteiger partial charge in [0, 0.05) is 12.1 Å². The van der Waals surface area contributed by atoms with Crippen molar-refractivity contribution in [3.8, 4) is 22.8 Å². The topological polar surface area (TPSA) is 81.8 Å². The first-order chi connectivity index (χ1) is 15.6. The Kier molecular flexibility index (Phi) is 6.51. The van der Waals surface area contributed by atoms with E-state index in [0.717, 1.165) is 23.1 Å². The molecule has 4 aromatic rings. The fourth-order valence-electron chi connectivity index (χ4n) is 3.30. The Hall–Kier alpha value is -4.06. The van der Waals surface area contributed by atoms with Gasteiger partial charge in [-0.3, -0.25) is 0 Å². The van der Waals surface area contributed by atoms with Gasteiger partial charge in [-0.1, -0.05) is 72.7 Å². The van der Waals surface area contributed by atoms with Crippen LogP contribution in [0.1, 0.15) is 34.1 Å². The molecular formula is C26H23NO5. The van der Waals surface area contributed by atoms with Crippen molar-refractivity contribution in [1.29, 1.82) is 0 Å². The van der Waals surface area contributed by atoms with Gasteiger partial charge in [0.1, 0.15) is 24.7 Å². The number of carboxylic acid groups (broad SMARTS) is 1. The Balaban J connectivity index is 1.68. The van der Waals surface area contributed by atoms with E-state index < -0.39 is 5.97 Å². The molecule has 6 heteroatoms. The van der Waals surface area contributed by atoms with Gasteiger partial charge >= 0.3 is 5.97 Å². The number of nitrogens with zero attached hydrogens (tertiary/aromatic N) is 1. The summed E-state index contributed by atoms with van der Waals surface area (Å²) in [5.74, 6) is 0.420. The van der Waals surface area contributed by atoms with Crippen LogP contribution < -0.4 is 9.47 Å². The molecule has 6 nitrogen and oxygen atoms in total.